The fourth-order valence-corrected chi connectivity index (χ4v) is 4.48. The standard InChI is InChI=1S/C22H17ClN4O2S2/c1-14(19-7-4-12-30-19)25-26-20(28)13-31-22-24-18-6-3-2-5-17(18)21(29)27(22)16-10-8-15(23)9-11-16/h2-12H,13H2,1H3,(H,26,28). The maximum absolute atomic E-state index is 13.2. The van der Waals surface area contributed by atoms with Gasteiger partial charge in [-0.2, -0.15) is 5.10 Å². The van der Waals surface area contributed by atoms with E-state index in [2.05, 4.69) is 15.5 Å². The molecule has 0 atom stereocenters. The Kier molecular flexibility index (Phi) is 6.50. The van der Waals surface area contributed by atoms with Crippen molar-refractivity contribution < 1.29 is 4.79 Å². The Hall–Kier alpha value is -2.94. The minimum atomic E-state index is -0.286. The third kappa shape index (κ3) is 4.87. The first kappa shape index (κ1) is 21.3. The lowest BCUT2D eigenvalue weighted by Crippen LogP contribution is -2.24. The summed E-state index contributed by atoms with van der Waals surface area (Å²) in [7, 11) is 0. The van der Waals surface area contributed by atoms with Crippen LogP contribution < -0.4 is 11.0 Å². The maximum Gasteiger partial charge on any atom is 0.266 e. The number of benzene rings is 2. The molecule has 4 rings (SSSR count). The summed E-state index contributed by atoms with van der Waals surface area (Å²) < 4.78 is 1.50. The zero-order valence-corrected chi connectivity index (χ0v) is 18.8. The fourth-order valence-electron chi connectivity index (χ4n) is 2.88. The summed E-state index contributed by atoms with van der Waals surface area (Å²) >= 11 is 8.72. The highest BCUT2D eigenvalue weighted by Gasteiger charge is 2.15. The van der Waals surface area contributed by atoms with E-state index in [0.717, 1.165) is 10.6 Å². The van der Waals surface area contributed by atoms with Gasteiger partial charge in [0.2, 0.25) is 0 Å². The molecule has 4 aromatic rings. The number of hydrogen-bond acceptors (Lipinski definition) is 6. The van der Waals surface area contributed by atoms with Gasteiger partial charge in [-0.25, -0.2) is 10.4 Å². The highest BCUT2D eigenvalue weighted by molar-refractivity contribution is 7.99. The Morgan fingerprint density at radius 3 is 2.68 bits per heavy atom. The first-order chi connectivity index (χ1) is 15.0. The number of hydrogen-bond donors (Lipinski definition) is 1. The summed E-state index contributed by atoms with van der Waals surface area (Å²) in [5.41, 5.74) is 4.29. The lowest BCUT2D eigenvalue weighted by atomic mass is 10.2. The molecule has 156 valence electrons. The van der Waals surface area contributed by atoms with Crippen molar-refractivity contribution in [2.24, 2.45) is 5.10 Å². The molecular formula is C22H17ClN4O2S2. The van der Waals surface area contributed by atoms with E-state index in [9.17, 15) is 9.59 Å². The number of nitrogens with zero attached hydrogens (tertiary/aromatic N) is 3. The number of rotatable bonds is 6. The van der Waals surface area contributed by atoms with Crippen LogP contribution in [0.2, 0.25) is 5.02 Å². The van der Waals surface area contributed by atoms with Crippen molar-refractivity contribution in [1.82, 2.24) is 15.0 Å². The van der Waals surface area contributed by atoms with Crippen LogP contribution >= 0.6 is 34.7 Å². The minimum Gasteiger partial charge on any atom is -0.272 e. The summed E-state index contributed by atoms with van der Waals surface area (Å²) in [6.07, 6.45) is 0. The highest BCUT2D eigenvalue weighted by Crippen LogP contribution is 2.22. The number of para-hydroxylation sites is 1. The van der Waals surface area contributed by atoms with Gasteiger partial charge in [0.05, 0.1) is 28.1 Å². The predicted octanol–water partition coefficient (Wildman–Crippen LogP) is 4.73. The smallest absolute Gasteiger partial charge is 0.266 e. The Morgan fingerprint density at radius 1 is 1.16 bits per heavy atom. The normalized spacial score (nSPS) is 11.6. The molecule has 6 nitrogen and oxygen atoms in total. The molecule has 0 bridgehead atoms. The van der Waals surface area contributed by atoms with E-state index in [-0.39, 0.29) is 17.2 Å². The lowest BCUT2D eigenvalue weighted by molar-refractivity contribution is -0.118. The predicted molar refractivity (Wildman–Crippen MR) is 128 cm³/mol. The van der Waals surface area contributed by atoms with Gasteiger partial charge in [-0.3, -0.25) is 14.2 Å². The number of carbonyl (C=O) groups excluding carboxylic acids is 1. The van der Waals surface area contributed by atoms with E-state index in [4.69, 9.17) is 11.6 Å². The molecular weight excluding hydrogens is 452 g/mol. The molecule has 2 aromatic carbocycles. The number of halogens is 1. The summed E-state index contributed by atoms with van der Waals surface area (Å²) in [5.74, 6) is -0.231. The molecule has 31 heavy (non-hydrogen) atoms. The molecule has 0 saturated carbocycles. The van der Waals surface area contributed by atoms with Crippen LogP contribution in [0.4, 0.5) is 0 Å². The zero-order chi connectivity index (χ0) is 21.8. The number of fused-ring (bicyclic) bond motifs is 1. The second kappa shape index (κ2) is 9.47. The summed E-state index contributed by atoms with van der Waals surface area (Å²) in [4.78, 5) is 31.2. The van der Waals surface area contributed by atoms with Crippen molar-refractivity contribution in [3.05, 3.63) is 86.3 Å². The molecule has 0 radical (unpaired) electrons. The topological polar surface area (TPSA) is 76.3 Å². The maximum atomic E-state index is 13.2. The number of amides is 1. The first-order valence-electron chi connectivity index (χ1n) is 9.30. The van der Waals surface area contributed by atoms with Crippen molar-refractivity contribution >= 4 is 57.2 Å². The van der Waals surface area contributed by atoms with Crippen molar-refractivity contribution in [2.75, 3.05) is 5.75 Å². The second-order valence-electron chi connectivity index (χ2n) is 6.53. The highest BCUT2D eigenvalue weighted by atomic mass is 35.5. The number of thiophene rings is 1. The molecule has 0 saturated heterocycles. The van der Waals surface area contributed by atoms with Gasteiger partial charge in [-0.15, -0.1) is 11.3 Å². The number of aromatic nitrogens is 2. The molecule has 2 heterocycles. The zero-order valence-electron chi connectivity index (χ0n) is 16.4. The number of carbonyl (C=O) groups is 1. The number of hydrazone groups is 1. The van der Waals surface area contributed by atoms with Crippen LogP contribution in [0.25, 0.3) is 16.6 Å². The Balaban J connectivity index is 1.61. The molecule has 1 amide bonds. The van der Waals surface area contributed by atoms with Crippen LogP contribution in [0.5, 0.6) is 0 Å². The van der Waals surface area contributed by atoms with Gasteiger partial charge in [-0.05, 0) is 54.8 Å². The molecule has 0 aliphatic rings. The van der Waals surface area contributed by atoms with Crippen LogP contribution in [0.1, 0.15) is 11.8 Å². The van der Waals surface area contributed by atoms with Crippen LogP contribution in [-0.4, -0.2) is 26.9 Å². The molecule has 0 fully saturated rings. The van der Waals surface area contributed by atoms with E-state index in [1.165, 1.54) is 16.3 Å². The van der Waals surface area contributed by atoms with E-state index >= 15 is 0 Å². The largest absolute Gasteiger partial charge is 0.272 e. The van der Waals surface area contributed by atoms with Crippen molar-refractivity contribution in [2.45, 2.75) is 12.1 Å². The van der Waals surface area contributed by atoms with Crippen molar-refractivity contribution in [1.29, 1.82) is 0 Å². The van der Waals surface area contributed by atoms with Gasteiger partial charge in [0.25, 0.3) is 11.5 Å². The molecule has 9 heteroatoms. The summed E-state index contributed by atoms with van der Waals surface area (Å²) in [6.45, 7) is 1.84. The van der Waals surface area contributed by atoms with E-state index in [1.54, 1.807) is 53.8 Å². The van der Waals surface area contributed by atoms with Crippen LogP contribution in [0.3, 0.4) is 0 Å². The van der Waals surface area contributed by atoms with Gasteiger partial charge in [-0.1, -0.05) is 41.6 Å². The number of nitrogens with one attached hydrogen (secondary N) is 1. The molecule has 0 aliphatic heterocycles. The van der Waals surface area contributed by atoms with Gasteiger partial charge in [0.1, 0.15) is 0 Å². The lowest BCUT2D eigenvalue weighted by Gasteiger charge is -2.13. The van der Waals surface area contributed by atoms with Crippen LogP contribution in [0.15, 0.2) is 81.1 Å². The van der Waals surface area contributed by atoms with Gasteiger partial charge >= 0.3 is 0 Å². The first-order valence-corrected chi connectivity index (χ1v) is 11.5. The van der Waals surface area contributed by atoms with Crippen molar-refractivity contribution in [3.63, 3.8) is 0 Å². The quantitative estimate of drug-likeness (QED) is 0.192. The summed E-state index contributed by atoms with van der Waals surface area (Å²) in [6, 6.07) is 17.9. The second-order valence-corrected chi connectivity index (χ2v) is 8.85. The molecule has 0 spiro atoms. The van der Waals surface area contributed by atoms with E-state index in [1.807, 2.05) is 30.5 Å². The Labute approximate surface area is 191 Å². The Bertz CT molecular complexity index is 1320. The minimum absolute atomic E-state index is 0.0551. The molecule has 2 aromatic heterocycles. The van der Waals surface area contributed by atoms with Crippen LogP contribution in [0, 0.1) is 0 Å². The third-order valence-electron chi connectivity index (χ3n) is 4.39. The van der Waals surface area contributed by atoms with E-state index < -0.39 is 0 Å². The monoisotopic (exact) mass is 468 g/mol. The molecule has 1 N–H and O–H groups in total. The fraction of sp³-hybridized carbons (Fsp3) is 0.0909. The van der Waals surface area contributed by atoms with Crippen LogP contribution in [-0.2, 0) is 4.79 Å². The molecule has 0 unspecified atom stereocenters. The van der Waals surface area contributed by atoms with Crippen molar-refractivity contribution in [3.8, 4) is 5.69 Å². The number of thioether (sulfide) groups is 1. The Morgan fingerprint density at radius 2 is 1.94 bits per heavy atom. The SMILES string of the molecule is CC(=NNC(=O)CSc1nc2ccccc2c(=O)n1-c1ccc(Cl)cc1)c1cccs1. The summed E-state index contributed by atoms with van der Waals surface area (Å²) in [5, 5.41) is 7.59. The average Bonchev–Trinajstić information content (AvgIpc) is 3.32. The van der Waals surface area contributed by atoms with Gasteiger partial charge < -0.3 is 0 Å². The van der Waals surface area contributed by atoms with Gasteiger partial charge in [0, 0.05) is 9.90 Å². The molecule has 0 aliphatic carbocycles. The average molecular weight is 469 g/mol. The third-order valence-corrected chi connectivity index (χ3v) is 6.56. The van der Waals surface area contributed by atoms with Gasteiger partial charge in [0.15, 0.2) is 5.16 Å². The van der Waals surface area contributed by atoms with E-state index in [0.29, 0.717) is 26.8 Å².